The largest absolute Gasteiger partial charge is 0.497 e. The van der Waals surface area contributed by atoms with E-state index in [1.54, 1.807) is 7.11 Å². The van der Waals surface area contributed by atoms with Crippen molar-refractivity contribution in [1.29, 1.82) is 0 Å². The van der Waals surface area contributed by atoms with Crippen molar-refractivity contribution in [3.05, 3.63) is 18.2 Å². The highest BCUT2D eigenvalue weighted by molar-refractivity contribution is 5.61. The minimum absolute atomic E-state index is 0.524. The first-order chi connectivity index (χ1) is 9.67. The van der Waals surface area contributed by atoms with Crippen molar-refractivity contribution in [2.75, 3.05) is 37.4 Å². The lowest BCUT2D eigenvalue weighted by Crippen LogP contribution is -2.58. The molecule has 2 fully saturated rings. The maximum atomic E-state index is 6.00. The fraction of sp³-hybridized carbons (Fsp3) is 0.625. The van der Waals surface area contributed by atoms with Crippen LogP contribution in [0.2, 0.25) is 0 Å². The Labute approximate surface area is 121 Å². The van der Waals surface area contributed by atoms with E-state index >= 15 is 0 Å². The molecule has 3 rings (SSSR count). The summed E-state index contributed by atoms with van der Waals surface area (Å²) in [5.41, 5.74) is 7.97. The Hall–Kier alpha value is -1.42. The molecule has 0 amide bonds. The summed E-state index contributed by atoms with van der Waals surface area (Å²) in [6.45, 7) is 5.83. The van der Waals surface area contributed by atoms with Crippen molar-refractivity contribution in [1.82, 2.24) is 4.90 Å². The Morgan fingerprint density at radius 2 is 2.05 bits per heavy atom. The van der Waals surface area contributed by atoms with Gasteiger partial charge in [-0.05, 0) is 32.4 Å². The number of nitrogen functional groups attached to an aromatic ring is 1. The van der Waals surface area contributed by atoms with Gasteiger partial charge < -0.3 is 15.4 Å². The Kier molecular flexibility index (Phi) is 3.74. The van der Waals surface area contributed by atoms with Crippen LogP contribution in [0.15, 0.2) is 18.2 Å². The fourth-order valence-corrected chi connectivity index (χ4v) is 3.60. The standard InChI is InChI=1S/C16H25N3O/c1-12-10-18-6-4-3-5-14(18)11-19(12)15-7-13(17)8-16(9-15)20-2/h7-9,12,14H,3-6,10-11,17H2,1-2H3. The quantitative estimate of drug-likeness (QED) is 0.841. The first-order valence-electron chi connectivity index (χ1n) is 7.62. The Morgan fingerprint density at radius 3 is 2.85 bits per heavy atom. The zero-order valence-electron chi connectivity index (χ0n) is 12.5. The fourth-order valence-electron chi connectivity index (χ4n) is 3.60. The number of ether oxygens (including phenoxy) is 1. The van der Waals surface area contributed by atoms with Crippen LogP contribution in [0.3, 0.4) is 0 Å². The summed E-state index contributed by atoms with van der Waals surface area (Å²) >= 11 is 0. The van der Waals surface area contributed by atoms with E-state index in [1.165, 1.54) is 31.5 Å². The van der Waals surface area contributed by atoms with Gasteiger partial charge in [-0.25, -0.2) is 0 Å². The Morgan fingerprint density at radius 1 is 1.20 bits per heavy atom. The average Bonchev–Trinajstić information content (AvgIpc) is 2.45. The number of piperazine rings is 1. The van der Waals surface area contributed by atoms with Crippen molar-refractivity contribution >= 4 is 11.4 Å². The predicted molar refractivity (Wildman–Crippen MR) is 83.4 cm³/mol. The lowest BCUT2D eigenvalue weighted by Gasteiger charge is -2.48. The normalized spacial score (nSPS) is 27.2. The van der Waals surface area contributed by atoms with Crippen molar-refractivity contribution < 1.29 is 4.74 Å². The summed E-state index contributed by atoms with van der Waals surface area (Å²) in [5.74, 6) is 0.846. The highest BCUT2D eigenvalue weighted by atomic mass is 16.5. The molecule has 2 aliphatic heterocycles. The second-order valence-corrected chi connectivity index (χ2v) is 6.11. The lowest BCUT2D eigenvalue weighted by molar-refractivity contribution is 0.115. The number of anilines is 2. The third-order valence-corrected chi connectivity index (χ3v) is 4.67. The Balaban J connectivity index is 1.83. The second kappa shape index (κ2) is 5.52. The van der Waals surface area contributed by atoms with Gasteiger partial charge in [0.2, 0.25) is 0 Å². The van der Waals surface area contributed by atoms with Crippen LogP contribution >= 0.6 is 0 Å². The van der Waals surface area contributed by atoms with Gasteiger partial charge in [-0.15, -0.1) is 0 Å². The van der Waals surface area contributed by atoms with Crippen LogP contribution in [0.25, 0.3) is 0 Å². The number of hydrogen-bond acceptors (Lipinski definition) is 4. The number of benzene rings is 1. The van der Waals surface area contributed by atoms with E-state index in [2.05, 4.69) is 28.9 Å². The molecule has 0 aromatic heterocycles. The number of hydrogen-bond donors (Lipinski definition) is 1. The zero-order valence-corrected chi connectivity index (χ0v) is 12.5. The van der Waals surface area contributed by atoms with Crippen LogP contribution in [-0.4, -0.2) is 43.7 Å². The maximum Gasteiger partial charge on any atom is 0.122 e. The third kappa shape index (κ3) is 2.57. The van der Waals surface area contributed by atoms with Crippen molar-refractivity contribution in [2.24, 2.45) is 0 Å². The summed E-state index contributed by atoms with van der Waals surface area (Å²) in [6, 6.07) is 7.27. The lowest BCUT2D eigenvalue weighted by atomic mass is 9.96. The molecule has 0 saturated carbocycles. The van der Waals surface area contributed by atoms with Gasteiger partial charge in [0, 0.05) is 48.7 Å². The molecule has 4 nitrogen and oxygen atoms in total. The molecule has 0 bridgehead atoms. The summed E-state index contributed by atoms with van der Waals surface area (Å²) in [5, 5.41) is 0. The van der Waals surface area contributed by atoms with Gasteiger partial charge in [0.25, 0.3) is 0 Å². The predicted octanol–water partition coefficient (Wildman–Crippen LogP) is 2.34. The topological polar surface area (TPSA) is 41.7 Å². The molecule has 2 N–H and O–H groups in total. The number of nitrogens with two attached hydrogens (primary N) is 1. The van der Waals surface area contributed by atoms with Gasteiger partial charge in [0.05, 0.1) is 7.11 Å². The van der Waals surface area contributed by atoms with Crippen molar-refractivity contribution in [3.8, 4) is 5.75 Å². The van der Waals surface area contributed by atoms with Crippen LogP contribution < -0.4 is 15.4 Å². The molecular formula is C16H25N3O. The molecule has 2 saturated heterocycles. The molecule has 20 heavy (non-hydrogen) atoms. The van der Waals surface area contributed by atoms with Crippen molar-refractivity contribution in [2.45, 2.75) is 38.3 Å². The maximum absolute atomic E-state index is 6.00. The molecule has 2 heterocycles. The molecule has 110 valence electrons. The number of piperidine rings is 1. The summed E-state index contributed by atoms with van der Waals surface area (Å²) in [7, 11) is 1.70. The molecule has 0 aliphatic carbocycles. The van der Waals surface area contributed by atoms with Crippen LogP contribution in [0, 0.1) is 0 Å². The van der Waals surface area contributed by atoms with E-state index in [9.17, 15) is 0 Å². The van der Waals surface area contributed by atoms with E-state index in [0.29, 0.717) is 12.1 Å². The highest BCUT2D eigenvalue weighted by Gasteiger charge is 2.33. The average molecular weight is 275 g/mol. The first-order valence-corrected chi connectivity index (χ1v) is 7.62. The van der Waals surface area contributed by atoms with Crippen LogP contribution in [0.5, 0.6) is 5.75 Å². The zero-order chi connectivity index (χ0) is 14.1. The molecule has 0 radical (unpaired) electrons. The van der Waals surface area contributed by atoms with E-state index in [4.69, 9.17) is 10.5 Å². The van der Waals surface area contributed by atoms with Crippen LogP contribution in [-0.2, 0) is 0 Å². The van der Waals surface area contributed by atoms with Gasteiger partial charge in [0.1, 0.15) is 5.75 Å². The number of nitrogens with zero attached hydrogens (tertiary/aromatic N) is 2. The Bertz CT molecular complexity index is 477. The molecule has 2 unspecified atom stereocenters. The van der Waals surface area contributed by atoms with E-state index < -0.39 is 0 Å². The van der Waals surface area contributed by atoms with E-state index in [1.807, 2.05) is 6.07 Å². The molecular weight excluding hydrogens is 250 g/mol. The molecule has 2 atom stereocenters. The van der Waals surface area contributed by atoms with E-state index in [-0.39, 0.29) is 0 Å². The minimum atomic E-state index is 0.524. The number of fused-ring (bicyclic) bond motifs is 1. The SMILES string of the molecule is COc1cc(N)cc(N2CC3CCCCN3CC2C)c1. The van der Waals surface area contributed by atoms with Gasteiger partial charge in [-0.2, -0.15) is 0 Å². The van der Waals surface area contributed by atoms with Crippen LogP contribution in [0.1, 0.15) is 26.2 Å². The van der Waals surface area contributed by atoms with Gasteiger partial charge >= 0.3 is 0 Å². The molecule has 0 spiro atoms. The highest BCUT2D eigenvalue weighted by Crippen LogP contribution is 2.31. The van der Waals surface area contributed by atoms with Gasteiger partial charge in [-0.1, -0.05) is 6.42 Å². The number of methoxy groups -OCH3 is 1. The van der Waals surface area contributed by atoms with Gasteiger partial charge in [-0.3, -0.25) is 4.90 Å². The van der Waals surface area contributed by atoms with Crippen molar-refractivity contribution in [3.63, 3.8) is 0 Å². The molecule has 2 aliphatic rings. The first kappa shape index (κ1) is 13.6. The minimum Gasteiger partial charge on any atom is -0.497 e. The summed E-state index contributed by atoms with van der Waals surface area (Å²) in [4.78, 5) is 5.15. The molecule has 1 aromatic rings. The second-order valence-electron chi connectivity index (χ2n) is 6.11. The third-order valence-electron chi connectivity index (χ3n) is 4.67. The number of rotatable bonds is 2. The van der Waals surface area contributed by atoms with E-state index in [0.717, 1.165) is 24.5 Å². The molecule has 1 aromatic carbocycles. The monoisotopic (exact) mass is 275 g/mol. The summed E-state index contributed by atoms with van der Waals surface area (Å²) < 4.78 is 5.35. The van der Waals surface area contributed by atoms with Gasteiger partial charge in [0.15, 0.2) is 0 Å². The molecule has 4 heteroatoms. The van der Waals surface area contributed by atoms with Crippen LogP contribution in [0.4, 0.5) is 11.4 Å². The smallest absolute Gasteiger partial charge is 0.122 e. The summed E-state index contributed by atoms with van der Waals surface area (Å²) in [6.07, 6.45) is 4.04.